The first kappa shape index (κ1) is 19.9. The number of anilines is 1. The molecule has 1 N–H and O–H groups in total. The Morgan fingerprint density at radius 1 is 1.22 bits per heavy atom. The monoisotopic (exact) mass is 400 g/mol. The molecule has 0 spiro atoms. The number of likely N-dealkylation sites (N-methyl/N-ethyl adjacent to an activating group) is 1. The highest BCUT2D eigenvalue weighted by Gasteiger charge is 2.23. The van der Waals surface area contributed by atoms with Gasteiger partial charge in [-0.15, -0.1) is 11.8 Å². The number of rotatable bonds is 6. The first-order valence-corrected chi connectivity index (χ1v) is 11.1. The largest absolute Gasteiger partial charge is 0.338 e. The zero-order valence-electron chi connectivity index (χ0n) is 16.5. The number of nitrogens with zero attached hydrogens (tertiary/aromatic N) is 2. The van der Waals surface area contributed by atoms with E-state index in [1.807, 2.05) is 35.4 Å². The smallest absolute Gasteiger partial charge is 0.260 e. The summed E-state index contributed by atoms with van der Waals surface area (Å²) >= 11 is 3.25. The predicted octanol–water partition coefficient (Wildman–Crippen LogP) is 3.43. The summed E-state index contributed by atoms with van der Waals surface area (Å²) in [4.78, 5) is 22.4. The predicted molar refractivity (Wildman–Crippen MR) is 117 cm³/mol. The number of carbonyl (C=O) groups is 1. The summed E-state index contributed by atoms with van der Waals surface area (Å²) in [5.41, 5.74) is 4.09. The van der Waals surface area contributed by atoms with Crippen LogP contribution in [0.5, 0.6) is 0 Å². The van der Waals surface area contributed by atoms with Crippen molar-refractivity contribution in [1.82, 2.24) is 4.98 Å². The topological polar surface area (TPSA) is 37.6 Å². The van der Waals surface area contributed by atoms with E-state index < -0.39 is 0 Å². The van der Waals surface area contributed by atoms with Crippen LogP contribution in [-0.2, 0) is 0 Å². The number of thioether (sulfide) groups is 1. The number of fused-ring (bicyclic) bond motifs is 1. The Labute approximate surface area is 169 Å². The van der Waals surface area contributed by atoms with Crippen molar-refractivity contribution >= 4 is 44.4 Å². The number of thiazole rings is 1. The molecule has 0 unspecified atom stereocenters. The highest BCUT2D eigenvalue weighted by atomic mass is 32.2. The number of nitrogens with one attached hydrogen (secondary N) is 1. The molecule has 0 saturated heterocycles. The number of hydrogen-bond acceptors (Lipinski definition) is 4. The van der Waals surface area contributed by atoms with Crippen LogP contribution in [0.1, 0.15) is 21.5 Å². The second-order valence-corrected chi connectivity index (χ2v) is 8.93. The van der Waals surface area contributed by atoms with Crippen molar-refractivity contribution in [2.45, 2.75) is 18.7 Å². The van der Waals surface area contributed by atoms with Gasteiger partial charge < -0.3 is 4.90 Å². The molecule has 1 aromatic heterocycles. The number of benzene rings is 2. The van der Waals surface area contributed by atoms with Gasteiger partial charge in [0.25, 0.3) is 5.91 Å². The fourth-order valence-electron chi connectivity index (χ4n) is 3.01. The normalized spacial score (nSPS) is 11.3. The molecule has 0 bridgehead atoms. The van der Waals surface area contributed by atoms with E-state index in [2.05, 4.69) is 40.1 Å². The van der Waals surface area contributed by atoms with Crippen LogP contribution < -0.4 is 9.80 Å². The summed E-state index contributed by atoms with van der Waals surface area (Å²) < 4.78 is 1.16. The lowest BCUT2D eigenvalue weighted by Crippen LogP contribution is -3.06. The lowest BCUT2D eigenvalue weighted by Gasteiger charge is -2.21. The fourth-order valence-corrected chi connectivity index (χ4v) is 4.51. The number of quaternary nitrogens is 1. The molecule has 0 fully saturated rings. The van der Waals surface area contributed by atoms with Gasteiger partial charge >= 0.3 is 0 Å². The van der Waals surface area contributed by atoms with Gasteiger partial charge in [0.15, 0.2) is 5.13 Å². The number of amides is 1. The van der Waals surface area contributed by atoms with Crippen LogP contribution in [0, 0.1) is 13.8 Å². The van der Waals surface area contributed by atoms with Crippen molar-refractivity contribution in [2.75, 3.05) is 38.3 Å². The molecular formula is C21H26N3OS2+. The molecule has 0 saturated carbocycles. The summed E-state index contributed by atoms with van der Waals surface area (Å²) in [5.74, 6) is 0.0144. The third kappa shape index (κ3) is 4.51. The SMILES string of the molecule is CSc1cccc(C(=O)N(CC[NH+](C)C)c2nc3cc(C)cc(C)c3s2)c1. The lowest BCUT2D eigenvalue weighted by atomic mass is 10.1. The quantitative estimate of drug-likeness (QED) is 0.644. The van der Waals surface area contributed by atoms with Crippen molar-refractivity contribution in [3.63, 3.8) is 0 Å². The minimum Gasteiger partial charge on any atom is -0.338 e. The third-order valence-corrected chi connectivity index (χ3v) is 6.39. The van der Waals surface area contributed by atoms with E-state index >= 15 is 0 Å². The fraction of sp³-hybridized carbons (Fsp3) is 0.333. The Morgan fingerprint density at radius 2 is 2.00 bits per heavy atom. The first-order chi connectivity index (χ1) is 12.9. The van der Waals surface area contributed by atoms with E-state index in [1.165, 1.54) is 16.0 Å². The van der Waals surface area contributed by atoms with Crippen LogP contribution in [0.4, 0.5) is 5.13 Å². The van der Waals surface area contributed by atoms with Crippen LogP contribution in [-0.4, -0.2) is 44.3 Å². The van der Waals surface area contributed by atoms with Gasteiger partial charge in [-0.3, -0.25) is 9.69 Å². The van der Waals surface area contributed by atoms with Crippen molar-refractivity contribution in [3.8, 4) is 0 Å². The van der Waals surface area contributed by atoms with Gasteiger partial charge in [0.2, 0.25) is 0 Å². The van der Waals surface area contributed by atoms with Gasteiger partial charge in [0.1, 0.15) is 0 Å². The number of aryl methyl sites for hydroxylation is 2. The Kier molecular flexibility index (Phi) is 6.19. The van der Waals surface area contributed by atoms with Gasteiger partial charge in [-0.2, -0.15) is 0 Å². The highest BCUT2D eigenvalue weighted by molar-refractivity contribution is 7.98. The number of aromatic nitrogens is 1. The molecule has 0 radical (unpaired) electrons. The molecule has 6 heteroatoms. The second-order valence-electron chi connectivity index (χ2n) is 7.07. The molecule has 1 heterocycles. The summed E-state index contributed by atoms with van der Waals surface area (Å²) in [7, 11) is 4.20. The molecule has 0 aliphatic carbocycles. The Balaban J connectivity index is 2.02. The van der Waals surface area contributed by atoms with Crippen molar-refractivity contribution < 1.29 is 9.69 Å². The molecule has 0 aliphatic heterocycles. The zero-order chi connectivity index (χ0) is 19.6. The number of carbonyl (C=O) groups excluding carboxylic acids is 1. The van der Waals surface area contributed by atoms with Crippen LogP contribution in [0.2, 0.25) is 0 Å². The first-order valence-electron chi connectivity index (χ1n) is 9.02. The molecule has 0 aliphatic rings. The molecule has 27 heavy (non-hydrogen) atoms. The molecule has 3 aromatic rings. The summed E-state index contributed by atoms with van der Waals surface area (Å²) in [6.07, 6.45) is 2.02. The third-order valence-electron chi connectivity index (χ3n) is 4.44. The average molecular weight is 401 g/mol. The maximum absolute atomic E-state index is 13.3. The van der Waals surface area contributed by atoms with Gasteiger partial charge in [0.05, 0.1) is 37.4 Å². The van der Waals surface area contributed by atoms with Gasteiger partial charge in [-0.05, 0) is 55.5 Å². The molecular weight excluding hydrogens is 374 g/mol. The van der Waals surface area contributed by atoms with E-state index in [1.54, 1.807) is 23.1 Å². The maximum atomic E-state index is 13.3. The molecule has 1 amide bonds. The number of hydrogen-bond donors (Lipinski definition) is 1. The minimum absolute atomic E-state index is 0.0144. The second kappa shape index (κ2) is 8.42. The lowest BCUT2D eigenvalue weighted by molar-refractivity contribution is -0.856. The average Bonchev–Trinajstić information content (AvgIpc) is 3.05. The Hall–Kier alpha value is -1.89. The molecule has 3 rings (SSSR count). The zero-order valence-corrected chi connectivity index (χ0v) is 18.1. The van der Waals surface area contributed by atoms with Crippen LogP contribution in [0.3, 0.4) is 0 Å². The highest BCUT2D eigenvalue weighted by Crippen LogP contribution is 2.32. The van der Waals surface area contributed by atoms with Gasteiger partial charge in [-0.1, -0.05) is 23.5 Å². The summed E-state index contributed by atoms with van der Waals surface area (Å²) in [5, 5.41) is 0.777. The molecule has 4 nitrogen and oxygen atoms in total. The summed E-state index contributed by atoms with van der Waals surface area (Å²) in [6.45, 7) is 5.69. The standard InChI is InChI=1S/C21H25N3OS2/c1-14-11-15(2)19-18(12-14)22-21(27-19)24(10-9-23(3)4)20(25)16-7-6-8-17(13-16)26-5/h6-8,11-13H,9-10H2,1-5H3/p+1. The molecule has 0 atom stereocenters. The van der Waals surface area contributed by atoms with E-state index in [4.69, 9.17) is 4.98 Å². The molecule has 142 valence electrons. The van der Waals surface area contributed by atoms with E-state index in [0.717, 1.165) is 26.8 Å². The van der Waals surface area contributed by atoms with Crippen molar-refractivity contribution in [1.29, 1.82) is 0 Å². The van der Waals surface area contributed by atoms with Gasteiger partial charge in [-0.25, -0.2) is 4.98 Å². The van der Waals surface area contributed by atoms with Crippen LogP contribution >= 0.6 is 23.1 Å². The molecule has 2 aromatic carbocycles. The van der Waals surface area contributed by atoms with Crippen LogP contribution in [0.25, 0.3) is 10.2 Å². The summed E-state index contributed by atoms with van der Waals surface area (Å²) in [6, 6.07) is 12.1. The van der Waals surface area contributed by atoms with Crippen LogP contribution in [0.15, 0.2) is 41.3 Å². The van der Waals surface area contributed by atoms with Crippen molar-refractivity contribution in [3.05, 3.63) is 53.1 Å². The van der Waals surface area contributed by atoms with Crippen molar-refractivity contribution in [2.24, 2.45) is 0 Å². The maximum Gasteiger partial charge on any atom is 0.260 e. The van der Waals surface area contributed by atoms with E-state index in [9.17, 15) is 4.79 Å². The Bertz CT molecular complexity index is 965. The van der Waals surface area contributed by atoms with E-state index in [-0.39, 0.29) is 5.91 Å². The van der Waals surface area contributed by atoms with Gasteiger partial charge in [0, 0.05) is 10.5 Å². The Morgan fingerprint density at radius 3 is 2.70 bits per heavy atom. The minimum atomic E-state index is 0.0144. The van der Waals surface area contributed by atoms with E-state index in [0.29, 0.717) is 12.1 Å².